The number of likely N-dealkylation sites (tertiary alicyclic amines) is 1. The van der Waals surface area contributed by atoms with Crippen molar-refractivity contribution < 1.29 is 13.2 Å². The van der Waals surface area contributed by atoms with Crippen LogP contribution in [0.15, 0.2) is 59.5 Å². The molecule has 1 heterocycles. The maximum absolute atomic E-state index is 12.5. The van der Waals surface area contributed by atoms with Gasteiger partial charge in [-0.1, -0.05) is 48.0 Å². The number of hydrogen-bond donors (Lipinski definition) is 2. The predicted octanol–water partition coefficient (Wildman–Crippen LogP) is 2.34. The van der Waals surface area contributed by atoms with Crippen molar-refractivity contribution in [3.05, 3.63) is 65.7 Å². The van der Waals surface area contributed by atoms with E-state index in [9.17, 15) is 13.2 Å². The number of sulfonamides is 1. The van der Waals surface area contributed by atoms with Gasteiger partial charge in [0.25, 0.3) is 0 Å². The fraction of sp³-hybridized carbons (Fsp3) is 0.435. The molecule has 1 aliphatic rings. The number of carbonyl (C=O) groups is 1. The zero-order valence-corrected chi connectivity index (χ0v) is 18.3. The summed E-state index contributed by atoms with van der Waals surface area (Å²) < 4.78 is 27.7. The van der Waals surface area contributed by atoms with E-state index >= 15 is 0 Å². The van der Waals surface area contributed by atoms with Crippen LogP contribution in [0.4, 0.5) is 0 Å². The van der Waals surface area contributed by atoms with Crippen molar-refractivity contribution in [2.45, 2.75) is 31.1 Å². The highest BCUT2D eigenvalue weighted by Gasteiger charge is 2.23. The molecule has 6 nitrogen and oxygen atoms in total. The number of nitrogens with one attached hydrogen (secondary N) is 2. The van der Waals surface area contributed by atoms with Crippen LogP contribution in [0.5, 0.6) is 0 Å². The van der Waals surface area contributed by atoms with Gasteiger partial charge in [0, 0.05) is 19.6 Å². The van der Waals surface area contributed by atoms with Crippen molar-refractivity contribution in [3.8, 4) is 0 Å². The Morgan fingerprint density at radius 1 is 1.10 bits per heavy atom. The van der Waals surface area contributed by atoms with Gasteiger partial charge in [-0.15, -0.1) is 0 Å². The molecule has 1 saturated heterocycles. The quantitative estimate of drug-likeness (QED) is 0.641. The largest absolute Gasteiger partial charge is 0.355 e. The summed E-state index contributed by atoms with van der Waals surface area (Å²) in [5.41, 5.74) is 2.23. The van der Waals surface area contributed by atoms with Gasteiger partial charge in [-0.25, -0.2) is 13.1 Å². The first kappa shape index (κ1) is 22.5. The number of benzene rings is 2. The fourth-order valence-corrected chi connectivity index (χ4v) is 4.86. The second-order valence-electron chi connectivity index (χ2n) is 7.99. The van der Waals surface area contributed by atoms with E-state index < -0.39 is 10.0 Å². The molecule has 162 valence electrons. The van der Waals surface area contributed by atoms with Crippen LogP contribution in [0, 0.1) is 12.8 Å². The van der Waals surface area contributed by atoms with Crippen molar-refractivity contribution in [2.24, 2.45) is 5.92 Å². The number of hydrogen-bond acceptors (Lipinski definition) is 4. The summed E-state index contributed by atoms with van der Waals surface area (Å²) in [5, 5.41) is 2.98. The van der Waals surface area contributed by atoms with Gasteiger partial charge in [0.05, 0.1) is 11.4 Å². The predicted molar refractivity (Wildman–Crippen MR) is 119 cm³/mol. The van der Waals surface area contributed by atoms with E-state index in [2.05, 4.69) is 27.1 Å². The normalized spacial score (nSPS) is 17.6. The van der Waals surface area contributed by atoms with Gasteiger partial charge in [0.15, 0.2) is 0 Å². The van der Waals surface area contributed by atoms with Crippen LogP contribution >= 0.6 is 0 Å². The second-order valence-corrected chi connectivity index (χ2v) is 9.76. The monoisotopic (exact) mass is 429 g/mol. The highest BCUT2D eigenvalue weighted by atomic mass is 32.2. The minimum atomic E-state index is -3.50. The maximum Gasteiger partial charge on any atom is 0.240 e. The molecule has 7 heteroatoms. The second kappa shape index (κ2) is 10.7. The van der Waals surface area contributed by atoms with E-state index in [1.807, 2.05) is 25.1 Å². The SMILES string of the molecule is Cc1ccc(S(=O)(=O)NCC2CCCN(CC(=O)NCCc3ccccc3)C2)cc1. The summed E-state index contributed by atoms with van der Waals surface area (Å²) in [7, 11) is -3.50. The smallest absolute Gasteiger partial charge is 0.240 e. The number of carbonyl (C=O) groups excluding carboxylic acids is 1. The first-order valence-electron chi connectivity index (χ1n) is 10.5. The van der Waals surface area contributed by atoms with Crippen molar-refractivity contribution in [1.29, 1.82) is 0 Å². The third kappa shape index (κ3) is 6.93. The van der Waals surface area contributed by atoms with Crippen LogP contribution in [0.3, 0.4) is 0 Å². The van der Waals surface area contributed by atoms with Crippen molar-refractivity contribution >= 4 is 15.9 Å². The molecule has 1 fully saturated rings. The molecule has 30 heavy (non-hydrogen) atoms. The van der Waals surface area contributed by atoms with E-state index in [0.717, 1.165) is 37.9 Å². The molecule has 2 aromatic rings. The van der Waals surface area contributed by atoms with Crippen LogP contribution in [0.25, 0.3) is 0 Å². The molecule has 1 aliphatic heterocycles. The van der Waals surface area contributed by atoms with Crippen LogP contribution in [-0.4, -0.2) is 51.9 Å². The Morgan fingerprint density at radius 3 is 2.57 bits per heavy atom. The third-order valence-electron chi connectivity index (χ3n) is 5.44. The van der Waals surface area contributed by atoms with Crippen LogP contribution < -0.4 is 10.0 Å². The van der Waals surface area contributed by atoms with E-state index in [4.69, 9.17) is 0 Å². The van der Waals surface area contributed by atoms with E-state index in [-0.39, 0.29) is 11.8 Å². The number of nitrogens with zero attached hydrogens (tertiary/aromatic N) is 1. The molecule has 1 amide bonds. The van der Waals surface area contributed by atoms with Crippen LogP contribution in [-0.2, 0) is 21.2 Å². The Morgan fingerprint density at radius 2 is 1.83 bits per heavy atom. The molecule has 0 radical (unpaired) electrons. The molecule has 1 unspecified atom stereocenters. The molecule has 2 aromatic carbocycles. The molecule has 0 spiro atoms. The summed E-state index contributed by atoms with van der Waals surface area (Å²) in [6.45, 7) is 4.89. The number of piperidine rings is 1. The Balaban J connectivity index is 1.41. The van der Waals surface area contributed by atoms with Crippen LogP contribution in [0.2, 0.25) is 0 Å². The molecule has 0 saturated carbocycles. The van der Waals surface area contributed by atoms with E-state index in [0.29, 0.717) is 24.5 Å². The maximum atomic E-state index is 12.5. The molecule has 2 N–H and O–H groups in total. The Labute approximate surface area is 179 Å². The van der Waals surface area contributed by atoms with Crippen molar-refractivity contribution in [1.82, 2.24) is 14.9 Å². The lowest BCUT2D eigenvalue weighted by atomic mass is 9.98. The number of aryl methyl sites for hydroxylation is 1. The minimum Gasteiger partial charge on any atom is -0.355 e. The zero-order valence-electron chi connectivity index (χ0n) is 17.5. The molecule has 3 rings (SSSR count). The van der Waals surface area contributed by atoms with Crippen LogP contribution in [0.1, 0.15) is 24.0 Å². The van der Waals surface area contributed by atoms with Gasteiger partial charge >= 0.3 is 0 Å². The lowest BCUT2D eigenvalue weighted by Gasteiger charge is -2.32. The first-order chi connectivity index (χ1) is 14.4. The van der Waals surface area contributed by atoms with Gasteiger partial charge < -0.3 is 5.32 Å². The highest BCUT2D eigenvalue weighted by molar-refractivity contribution is 7.89. The lowest BCUT2D eigenvalue weighted by molar-refractivity contribution is -0.122. The summed E-state index contributed by atoms with van der Waals surface area (Å²) >= 11 is 0. The van der Waals surface area contributed by atoms with Gasteiger partial charge in [0.2, 0.25) is 15.9 Å². The van der Waals surface area contributed by atoms with E-state index in [1.165, 1.54) is 5.56 Å². The molecular formula is C23H31N3O3S. The molecule has 0 aliphatic carbocycles. The zero-order chi connectivity index (χ0) is 21.4. The standard InChI is InChI=1S/C23H31N3O3S/c1-19-9-11-22(12-10-19)30(28,29)25-16-21-8-5-15-26(17-21)18-23(27)24-14-13-20-6-3-2-4-7-20/h2-4,6-7,9-12,21,25H,5,8,13-18H2,1H3,(H,24,27). The first-order valence-corrected chi connectivity index (χ1v) is 12.0. The highest BCUT2D eigenvalue weighted by Crippen LogP contribution is 2.17. The molecule has 0 bridgehead atoms. The lowest BCUT2D eigenvalue weighted by Crippen LogP contribution is -2.45. The molecular weight excluding hydrogens is 398 g/mol. The average Bonchev–Trinajstić information content (AvgIpc) is 2.74. The van der Waals surface area contributed by atoms with E-state index in [1.54, 1.807) is 24.3 Å². The van der Waals surface area contributed by atoms with Gasteiger partial charge in [0.1, 0.15) is 0 Å². The summed E-state index contributed by atoms with van der Waals surface area (Å²) in [4.78, 5) is 14.7. The topological polar surface area (TPSA) is 78.5 Å². The summed E-state index contributed by atoms with van der Waals surface area (Å²) in [6.07, 6.45) is 2.74. The van der Waals surface area contributed by atoms with Crippen molar-refractivity contribution in [2.75, 3.05) is 32.7 Å². The fourth-order valence-electron chi connectivity index (χ4n) is 3.74. The summed E-state index contributed by atoms with van der Waals surface area (Å²) in [5.74, 6) is 0.225. The third-order valence-corrected chi connectivity index (χ3v) is 6.88. The number of amides is 1. The number of rotatable bonds is 9. The molecule has 0 aromatic heterocycles. The van der Waals surface area contributed by atoms with Crippen molar-refractivity contribution in [3.63, 3.8) is 0 Å². The van der Waals surface area contributed by atoms with Gasteiger partial charge in [-0.3, -0.25) is 9.69 Å². The Hall–Kier alpha value is -2.22. The Kier molecular flexibility index (Phi) is 8.01. The van der Waals surface area contributed by atoms with Gasteiger partial charge in [-0.2, -0.15) is 0 Å². The average molecular weight is 430 g/mol. The minimum absolute atomic E-state index is 0.0202. The summed E-state index contributed by atoms with van der Waals surface area (Å²) in [6, 6.07) is 16.9. The Bertz CT molecular complexity index is 914. The van der Waals surface area contributed by atoms with Gasteiger partial charge in [-0.05, 0) is 56.3 Å². The molecule has 1 atom stereocenters.